The van der Waals surface area contributed by atoms with E-state index in [-0.39, 0.29) is 11.7 Å². The van der Waals surface area contributed by atoms with Gasteiger partial charge in [0, 0.05) is 20.3 Å². The molecule has 1 aromatic rings. The van der Waals surface area contributed by atoms with Gasteiger partial charge >= 0.3 is 0 Å². The van der Waals surface area contributed by atoms with Crippen molar-refractivity contribution in [3.63, 3.8) is 0 Å². The maximum absolute atomic E-state index is 13.4. The van der Waals surface area contributed by atoms with Crippen molar-refractivity contribution in [2.45, 2.75) is 19.4 Å². The van der Waals surface area contributed by atoms with Gasteiger partial charge in [0.05, 0.1) is 5.69 Å². The summed E-state index contributed by atoms with van der Waals surface area (Å²) in [5.41, 5.74) is 0.331. The summed E-state index contributed by atoms with van der Waals surface area (Å²) in [5.74, 6) is -0.522. The Kier molecular flexibility index (Phi) is 6.14. The van der Waals surface area contributed by atoms with Gasteiger partial charge < -0.3 is 15.4 Å². The van der Waals surface area contributed by atoms with E-state index in [0.717, 1.165) is 6.42 Å². The molecule has 0 fully saturated rings. The van der Waals surface area contributed by atoms with E-state index in [1.165, 1.54) is 6.07 Å². The summed E-state index contributed by atoms with van der Waals surface area (Å²) in [6.07, 6.45) is 0.759. The van der Waals surface area contributed by atoms with E-state index in [1.54, 1.807) is 32.2 Å². The number of anilines is 1. The number of rotatable bonds is 7. The van der Waals surface area contributed by atoms with Crippen molar-refractivity contribution in [2.24, 2.45) is 0 Å². The number of ether oxygens (including phenoxy) is 1. The first-order valence-electron chi connectivity index (χ1n) is 5.93. The summed E-state index contributed by atoms with van der Waals surface area (Å²) < 4.78 is 18.2. The van der Waals surface area contributed by atoms with E-state index in [4.69, 9.17) is 4.74 Å². The fraction of sp³-hybridized carbons (Fsp3) is 0.462. The third kappa shape index (κ3) is 4.71. The molecule has 18 heavy (non-hydrogen) atoms. The van der Waals surface area contributed by atoms with Crippen molar-refractivity contribution in [3.05, 3.63) is 30.1 Å². The molecule has 100 valence electrons. The fourth-order valence-electron chi connectivity index (χ4n) is 1.46. The van der Waals surface area contributed by atoms with Gasteiger partial charge in [0.1, 0.15) is 11.9 Å². The summed E-state index contributed by atoms with van der Waals surface area (Å²) in [6.45, 7) is 2.85. The molecular weight excluding hydrogens is 235 g/mol. The van der Waals surface area contributed by atoms with Crippen LogP contribution < -0.4 is 10.6 Å². The molecule has 0 saturated heterocycles. The van der Waals surface area contributed by atoms with Crippen LogP contribution in [-0.2, 0) is 9.53 Å². The minimum atomic E-state index is -0.482. The van der Waals surface area contributed by atoms with Gasteiger partial charge in [0.2, 0.25) is 5.91 Å². The second-order valence-corrected chi connectivity index (χ2v) is 3.98. The maximum Gasteiger partial charge on any atom is 0.242 e. The Morgan fingerprint density at radius 3 is 2.83 bits per heavy atom. The third-order valence-electron chi connectivity index (χ3n) is 2.46. The Labute approximate surface area is 107 Å². The molecule has 1 rings (SSSR count). The zero-order valence-electron chi connectivity index (χ0n) is 10.7. The largest absolute Gasteiger partial charge is 0.385 e. The average molecular weight is 254 g/mol. The maximum atomic E-state index is 13.4. The number of carbonyl (C=O) groups excluding carboxylic acids is 1. The summed E-state index contributed by atoms with van der Waals surface area (Å²) in [4.78, 5) is 11.7. The molecule has 4 nitrogen and oxygen atoms in total. The lowest BCUT2D eigenvalue weighted by Gasteiger charge is -2.15. The molecule has 0 heterocycles. The van der Waals surface area contributed by atoms with Gasteiger partial charge in [0.25, 0.3) is 0 Å². The fourth-order valence-corrected chi connectivity index (χ4v) is 1.46. The molecule has 1 unspecified atom stereocenters. The first kappa shape index (κ1) is 14.4. The van der Waals surface area contributed by atoms with E-state index in [1.807, 2.05) is 0 Å². The SMILES string of the molecule is COCCCNC(=O)C(C)Nc1ccccc1F. The van der Waals surface area contributed by atoms with Gasteiger partial charge in [-0.25, -0.2) is 4.39 Å². The van der Waals surface area contributed by atoms with Crippen LogP contribution in [0.4, 0.5) is 10.1 Å². The molecule has 1 atom stereocenters. The number of halogens is 1. The summed E-state index contributed by atoms with van der Waals surface area (Å²) in [5, 5.41) is 5.59. The topological polar surface area (TPSA) is 50.4 Å². The second kappa shape index (κ2) is 7.66. The summed E-state index contributed by atoms with van der Waals surface area (Å²) in [7, 11) is 1.62. The lowest BCUT2D eigenvalue weighted by molar-refractivity contribution is -0.121. The number of benzene rings is 1. The van der Waals surface area contributed by atoms with Crippen molar-refractivity contribution in [3.8, 4) is 0 Å². The molecule has 2 N–H and O–H groups in total. The molecule has 0 aliphatic carbocycles. The Bertz CT molecular complexity index is 385. The van der Waals surface area contributed by atoms with Crippen LogP contribution in [0.5, 0.6) is 0 Å². The van der Waals surface area contributed by atoms with Crippen LogP contribution in [0.15, 0.2) is 24.3 Å². The lowest BCUT2D eigenvalue weighted by Crippen LogP contribution is -2.38. The Morgan fingerprint density at radius 1 is 1.44 bits per heavy atom. The number of hydrogen-bond donors (Lipinski definition) is 2. The van der Waals surface area contributed by atoms with E-state index in [9.17, 15) is 9.18 Å². The Morgan fingerprint density at radius 2 is 2.17 bits per heavy atom. The highest BCUT2D eigenvalue weighted by atomic mass is 19.1. The molecule has 0 aliphatic rings. The molecule has 0 saturated carbocycles. The van der Waals surface area contributed by atoms with Crippen LogP contribution in [0, 0.1) is 5.82 Å². The summed E-state index contributed by atoms with van der Waals surface area (Å²) >= 11 is 0. The molecule has 0 spiro atoms. The predicted octanol–water partition coefficient (Wildman–Crippen LogP) is 1.78. The van der Waals surface area contributed by atoms with Crippen LogP contribution in [0.2, 0.25) is 0 Å². The molecule has 1 amide bonds. The lowest BCUT2D eigenvalue weighted by atomic mass is 10.2. The van der Waals surface area contributed by atoms with E-state index >= 15 is 0 Å². The second-order valence-electron chi connectivity index (χ2n) is 3.98. The average Bonchev–Trinajstić information content (AvgIpc) is 2.37. The Balaban J connectivity index is 2.38. The van der Waals surface area contributed by atoms with Gasteiger partial charge in [-0.15, -0.1) is 0 Å². The molecule has 0 aromatic heterocycles. The Hall–Kier alpha value is -1.62. The van der Waals surface area contributed by atoms with Crippen molar-refractivity contribution in [1.82, 2.24) is 5.32 Å². The number of hydrogen-bond acceptors (Lipinski definition) is 3. The van der Waals surface area contributed by atoms with Gasteiger partial charge in [-0.3, -0.25) is 4.79 Å². The van der Waals surface area contributed by atoms with Crippen LogP contribution in [0.25, 0.3) is 0 Å². The monoisotopic (exact) mass is 254 g/mol. The number of nitrogens with one attached hydrogen (secondary N) is 2. The molecular formula is C13H19FN2O2. The van der Waals surface area contributed by atoms with Gasteiger partial charge in [-0.2, -0.15) is 0 Å². The first-order chi connectivity index (χ1) is 8.65. The minimum Gasteiger partial charge on any atom is -0.385 e. The standard InChI is InChI=1S/C13H19FN2O2/c1-10(13(17)15-8-5-9-18-2)16-12-7-4-3-6-11(12)14/h3-4,6-7,10,16H,5,8-9H2,1-2H3,(H,15,17). The quantitative estimate of drug-likeness (QED) is 0.729. The zero-order valence-corrected chi connectivity index (χ0v) is 10.7. The van der Waals surface area contributed by atoms with Crippen LogP contribution >= 0.6 is 0 Å². The van der Waals surface area contributed by atoms with Crippen molar-refractivity contribution in [2.75, 3.05) is 25.6 Å². The van der Waals surface area contributed by atoms with Crippen LogP contribution in [0.3, 0.4) is 0 Å². The third-order valence-corrected chi connectivity index (χ3v) is 2.46. The normalized spacial score (nSPS) is 11.9. The van der Waals surface area contributed by atoms with Crippen molar-refractivity contribution >= 4 is 11.6 Å². The highest BCUT2D eigenvalue weighted by molar-refractivity contribution is 5.84. The number of carbonyl (C=O) groups is 1. The minimum absolute atomic E-state index is 0.158. The van der Waals surface area contributed by atoms with E-state index in [2.05, 4.69) is 10.6 Å². The molecule has 5 heteroatoms. The molecule has 0 radical (unpaired) electrons. The van der Waals surface area contributed by atoms with Crippen LogP contribution in [0.1, 0.15) is 13.3 Å². The van der Waals surface area contributed by atoms with Gasteiger partial charge in [-0.05, 0) is 25.5 Å². The highest BCUT2D eigenvalue weighted by Crippen LogP contribution is 2.13. The zero-order chi connectivity index (χ0) is 13.4. The first-order valence-corrected chi connectivity index (χ1v) is 5.93. The van der Waals surface area contributed by atoms with Crippen molar-refractivity contribution in [1.29, 1.82) is 0 Å². The molecule has 1 aromatic carbocycles. The van der Waals surface area contributed by atoms with E-state index in [0.29, 0.717) is 18.8 Å². The molecule has 0 bridgehead atoms. The highest BCUT2D eigenvalue weighted by Gasteiger charge is 2.13. The van der Waals surface area contributed by atoms with Crippen molar-refractivity contribution < 1.29 is 13.9 Å². The van der Waals surface area contributed by atoms with E-state index < -0.39 is 6.04 Å². The number of amides is 1. The summed E-state index contributed by atoms with van der Waals surface area (Å²) in [6, 6.07) is 5.80. The number of methoxy groups -OCH3 is 1. The number of para-hydroxylation sites is 1. The van der Waals surface area contributed by atoms with Crippen LogP contribution in [-0.4, -0.2) is 32.2 Å². The molecule has 0 aliphatic heterocycles. The van der Waals surface area contributed by atoms with Gasteiger partial charge in [0.15, 0.2) is 0 Å². The predicted molar refractivity (Wildman–Crippen MR) is 69.0 cm³/mol. The smallest absolute Gasteiger partial charge is 0.242 e. The van der Waals surface area contributed by atoms with Gasteiger partial charge in [-0.1, -0.05) is 12.1 Å².